The standard InChI is InChI=1S/C27H22Cl2N6O3/c1-3-38-24-7-5-4-6-22(24)33-26-25(35(36)37)27(32-15-31-26)34-23-13-21(29)19(12-16(23)2)20(14-30)17-8-10-18(28)11-9-17/h4-13,15,20H,3H2,1-2H3,(H2,31,32,33,34). The molecular formula is C27H22Cl2N6O3. The lowest BCUT2D eigenvalue weighted by atomic mass is 9.91. The molecule has 11 heteroatoms. The number of anilines is 4. The number of para-hydroxylation sites is 2. The molecule has 192 valence electrons. The van der Waals surface area contributed by atoms with E-state index in [2.05, 4.69) is 26.7 Å². The molecule has 1 aromatic heterocycles. The third-order valence-electron chi connectivity index (χ3n) is 5.69. The highest BCUT2D eigenvalue weighted by Crippen LogP contribution is 2.38. The van der Waals surface area contributed by atoms with Crippen LogP contribution in [0.5, 0.6) is 5.75 Å². The molecule has 3 aromatic carbocycles. The van der Waals surface area contributed by atoms with Crippen LogP contribution in [-0.4, -0.2) is 21.5 Å². The first kappa shape index (κ1) is 26.7. The van der Waals surface area contributed by atoms with Crippen LogP contribution in [0.1, 0.15) is 29.5 Å². The zero-order chi connectivity index (χ0) is 27.2. The summed E-state index contributed by atoms with van der Waals surface area (Å²) < 4.78 is 5.61. The van der Waals surface area contributed by atoms with E-state index < -0.39 is 10.8 Å². The Morgan fingerprint density at radius 1 is 1.05 bits per heavy atom. The highest BCUT2D eigenvalue weighted by molar-refractivity contribution is 6.32. The smallest absolute Gasteiger partial charge is 0.353 e. The topological polar surface area (TPSA) is 126 Å². The van der Waals surface area contributed by atoms with Gasteiger partial charge in [0.25, 0.3) is 0 Å². The van der Waals surface area contributed by atoms with Crippen LogP contribution in [0.25, 0.3) is 0 Å². The predicted octanol–water partition coefficient (Wildman–Crippen LogP) is 7.54. The molecule has 0 amide bonds. The fraction of sp³-hybridized carbons (Fsp3) is 0.148. The number of nitro groups is 1. The molecule has 2 N–H and O–H groups in total. The lowest BCUT2D eigenvalue weighted by Crippen LogP contribution is -2.07. The normalized spacial score (nSPS) is 11.3. The Labute approximate surface area is 229 Å². The maximum atomic E-state index is 12.1. The molecule has 0 aliphatic rings. The van der Waals surface area contributed by atoms with E-state index in [1.807, 2.05) is 13.8 Å². The Bertz CT molecular complexity index is 1520. The van der Waals surface area contributed by atoms with E-state index in [-0.39, 0.29) is 17.3 Å². The number of benzene rings is 3. The van der Waals surface area contributed by atoms with Gasteiger partial charge in [-0.25, -0.2) is 9.97 Å². The highest BCUT2D eigenvalue weighted by atomic mass is 35.5. The number of ether oxygens (including phenoxy) is 1. The summed E-state index contributed by atoms with van der Waals surface area (Å²) in [6, 6.07) is 19.7. The minimum Gasteiger partial charge on any atom is -0.492 e. The van der Waals surface area contributed by atoms with E-state index in [9.17, 15) is 15.4 Å². The van der Waals surface area contributed by atoms with Crippen LogP contribution >= 0.6 is 23.2 Å². The quantitative estimate of drug-likeness (QED) is 0.162. The minimum absolute atomic E-state index is 0.00712. The molecule has 4 rings (SSSR count). The molecule has 0 aliphatic carbocycles. The second kappa shape index (κ2) is 11.8. The number of aryl methyl sites for hydroxylation is 1. The lowest BCUT2D eigenvalue weighted by molar-refractivity contribution is -0.383. The average Bonchev–Trinajstić information content (AvgIpc) is 2.89. The lowest BCUT2D eigenvalue weighted by Gasteiger charge is -2.17. The van der Waals surface area contributed by atoms with Crippen LogP contribution in [0.2, 0.25) is 10.0 Å². The molecule has 0 saturated carbocycles. The fourth-order valence-corrected chi connectivity index (χ4v) is 4.28. The van der Waals surface area contributed by atoms with Gasteiger partial charge in [-0.3, -0.25) is 10.1 Å². The second-order valence-corrected chi connectivity index (χ2v) is 9.00. The van der Waals surface area contributed by atoms with Gasteiger partial charge < -0.3 is 15.4 Å². The Balaban J connectivity index is 1.69. The van der Waals surface area contributed by atoms with E-state index in [0.29, 0.717) is 44.9 Å². The molecule has 9 nitrogen and oxygen atoms in total. The number of nitriles is 1. The first-order valence-corrected chi connectivity index (χ1v) is 12.3. The largest absolute Gasteiger partial charge is 0.492 e. The predicted molar refractivity (Wildman–Crippen MR) is 148 cm³/mol. The van der Waals surface area contributed by atoms with Gasteiger partial charge in [0.1, 0.15) is 12.1 Å². The molecule has 0 bridgehead atoms. The monoisotopic (exact) mass is 548 g/mol. The number of aromatic nitrogens is 2. The Hall–Kier alpha value is -4.39. The van der Waals surface area contributed by atoms with Gasteiger partial charge in [-0.05, 0) is 60.9 Å². The number of rotatable bonds is 9. The third-order valence-corrected chi connectivity index (χ3v) is 6.26. The van der Waals surface area contributed by atoms with Gasteiger partial charge in [0, 0.05) is 15.7 Å². The molecular weight excluding hydrogens is 527 g/mol. The van der Waals surface area contributed by atoms with Crippen molar-refractivity contribution < 1.29 is 9.66 Å². The van der Waals surface area contributed by atoms with Gasteiger partial charge in [-0.1, -0.05) is 53.5 Å². The SMILES string of the molecule is CCOc1ccccc1Nc1ncnc(Nc2cc(Cl)c(C(C#N)c3ccc(Cl)cc3)cc2C)c1[N+](=O)[O-]. The number of nitrogens with zero attached hydrogens (tertiary/aromatic N) is 4. The Kier molecular flexibility index (Phi) is 8.26. The molecule has 4 aromatic rings. The summed E-state index contributed by atoms with van der Waals surface area (Å²) in [5, 5.41) is 28.8. The van der Waals surface area contributed by atoms with Crippen LogP contribution in [0.15, 0.2) is 67.0 Å². The van der Waals surface area contributed by atoms with Gasteiger partial charge in [0.15, 0.2) is 0 Å². The summed E-state index contributed by atoms with van der Waals surface area (Å²) in [6.07, 6.45) is 1.22. The molecule has 0 spiro atoms. The second-order valence-electron chi connectivity index (χ2n) is 8.16. The van der Waals surface area contributed by atoms with Crippen LogP contribution in [0.4, 0.5) is 28.7 Å². The number of hydrogen-bond donors (Lipinski definition) is 2. The van der Waals surface area contributed by atoms with Crippen molar-refractivity contribution in [3.63, 3.8) is 0 Å². The minimum atomic E-state index is -0.623. The van der Waals surface area contributed by atoms with Crippen molar-refractivity contribution in [2.75, 3.05) is 17.2 Å². The molecule has 1 unspecified atom stereocenters. The number of hydrogen-bond acceptors (Lipinski definition) is 8. The third kappa shape index (κ3) is 5.78. The maximum Gasteiger partial charge on any atom is 0.353 e. The zero-order valence-corrected chi connectivity index (χ0v) is 21.9. The van der Waals surface area contributed by atoms with Crippen LogP contribution in [-0.2, 0) is 0 Å². The van der Waals surface area contributed by atoms with Gasteiger partial charge in [-0.2, -0.15) is 5.26 Å². The van der Waals surface area contributed by atoms with E-state index in [1.54, 1.807) is 60.7 Å². The fourth-order valence-electron chi connectivity index (χ4n) is 3.88. The van der Waals surface area contributed by atoms with Crippen LogP contribution in [0.3, 0.4) is 0 Å². The van der Waals surface area contributed by atoms with Crippen molar-refractivity contribution in [2.24, 2.45) is 0 Å². The zero-order valence-electron chi connectivity index (χ0n) is 20.4. The Morgan fingerprint density at radius 3 is 2.34 bits per heavy atom. The molecule has 1 atom stereocenters. The number of nitrogens with one attached hydrogen (secondary N) is 2. The van der Waals surface area contributed by atoms with Gasteiger partial charge >= 0.3 is 5.69 Å². The first-order chi connectivity index (χ1) is 18.3. The summed E-state index contributed by atoms with van der Waals surface area (Å²) in [5.41, 5.74) is 2.72. The van der Waals surface area contributed by atoms with E-state index in [4.69, 9.17) is 27.9 Å². The number of halogens is 2. The van der Waals surface area contributed by atoms with Crippen LogP contribution in [0, 0.1) is 28.4 Å². The molecule has 0 radical (unpaired) electrons. The van der Waals surface area contributed by atoms with Gasteiger partial charge in [-0.15, -0.1) is 0 Å². The van der Waals surface area contributed by atoms with Crippen molar-refractivity contribution in [3.8, 4) is 11.8 Å². The van der Waals surface area contributed by atoms with Crippen LogP contribution < -0.4 is 15.4 Å². The summed E-state index contributed by atoms with van der Waals surface area (Å²) in [6.45, 7) is 4.08. The van der Waals surface area contributed by atoms with Gasteiger partial charge in [0.05, 0.1) is 29.2 Å². The molecule has 0 saturated heterocycles. The first-order valence-electron chi connectivity index (χ1n) is 11.5. The van der Waals surface area contributed by atoms with E-state index in [1.165, 1.54) is 6.33 Å². The van der Waals surface area contributed by atoms with E-state index >= 15 is 0 Å². The highest BCUT2D eigenvalue weighted by Gasteiger charge is 2.25. The molecule has 0 fully saturated rings. The van der Waals surface area contributed by atoms with Crippen molar-refractivity contribution in [3.05, 3.63) is 104 Å². The average molecular weight is 549 g/mol. The molecule has 0 aliphatic heterocycles. The van der Waals surface area contributed by atoms with Crippen molar-refractivity contribution in [1.29, 1.82) is 5.26 Å². The molecule has 38 heavy (non-hydrogen) atoms. The molecule has 1 heterocycles. The summed E-state index contributed by atoms with van der Waals surface area (Å²) >= 11 is 12.6. The summed E-state index contributed by atoms with van der Waals surface area (Å²) in [5.74, 6) is -0.124. The Morgan fingerprint density at radius 2 is 1.71 bits per heavy atom. The summed E-state index contributed by atoms with van der Waals surface area (Å²) in [7, 11) is 0. The summed E-state index contributed by atoms with van der Waals surface area (Å²) in [4.78, 5) is 19.7. The van der Waals surface area contributed by atoms with Crippen molar-refractivity contribution >= 4 is 51.9 Å². The maximum absolute atomic E-state index is 12.1. The van der Waals surface area contributed by atoms with Crippen molar-refractivity contribution in [1.82, 2.24) is 9.97 Å². The van der Waals surface area contributed by atoms with Crippen molar-refractivity contribution in [2.45, 2.75) is 19.8 Å². The van der Waals surface area contributed by atoms with Gasteiger partial charge in [0.2, 0.25) is 11.6 Å². The van der Waals surface area contributed by atoms with E-state index in [0.717, 1.165) is 5.56 Å².